The summed E-state index contributed by atoms with van der Waals surface area (Å²) in [6.45, 7) is 0. The predicted molar refractivity (Wildman–Crippen MR) is 74.9 cm³/mol. The van der Waals surface area contributed by atoms with Gasteiger partial charge in [0.15, 0.2) is 5.82 Å². The van der Waals surface area contributed by atoms with Crippen LogP contribution in [0, 0.1) is 0 Å². The van der Waals surface area contributed by atoms with E-state index in [-0.39, 0.29) is 0 Å². The number of halogens is 2. The largest absolute Gasteiger partial charge is 0.497 e. The van der Waals surface area contributed by atoms with Crippen LogP contribution >= 0.6 is 23.2 Å². The van der Waals surface area contributed by atoms with Crippen molar-refractivity contribution in [3.8, 4) is 5.75 Å². The molecule has 6 heteroatoms. The van der Waals surface area contributed by atoms with E-state index >= 15 is 0 Å². The Hall–Kier alpha value is -1.65. The fourth-order valence-electron chi connectivity index (χ4n) is 1.41. The SMILES string of the molecule is COc1ccc(Cl)c(Nc2ncc(Cl)cc2N)c1. The van der Waals surface area contributed by atoms with Gasteiger partial charge in [-0.1, -0.05) is 23.2 Å². The molecule has 0 aliphatic heterocycles. The molecule has 0 atom stereocenters. The molecule has 0 unspecified atom stereocenters. The molecular weight excluding hydrogens is 273 g/mol. The van der Waals surface area contributed by atoms with E-state index in [1.54, 1.807) is 31.4 Å². The number of rotatable bonds is 3. The van der Waals surface area contributed by atoms with Crippen molar-refractivity contribution in [2.24, 2.45) is 0 Å². The molecule has 2 rings (SSSR count). The van der Waals surface area contributed by atoms with Gasteiger partial charge in [0.1, 0.15) is 5.75 Å². The van der Waals surface area contributed by atoms with E-state index in [4.69, 9.17) is 33.7 Å². The Labute approximate surface area is 115 Å². The van der Waals surface area contributed by atoms with Gasteiger partial charge in [-0.2, -0.15) is 0 Å². The quantitative estimate of drug-likeness (QED) is 0.901. The fourth-order valence-corrected chi connectivity index (χ4v) is 1.75. The van der Waals surface area contributed by atoms with Gasteiger partial charge in [0.2, 0.25) is 0 Å². The molecule has 0 radical (unpaired) electrons. The van der Waals surface area contributed by atoms with Crippen LogP contribution in [-0.4, -0.2) is 12.1 Å². The van der Waals surface area contributed by atoms with Gasteiger partial charge in [0.25, 0.3) is 0 Å². The summed E-state index contributed by atoms with van der Waals surface area (Å²) in [6.07, 6.45) is 1.51. The maximum Gasteiger partial charge on any atom is 0.153 e. The molecular formula is C12H11Cl2N3O. The van der Waals surface area contributed by atoms with Gasteiger partial charge in [-0.3, -0.25) is 0 Å². The monoisotopic (exact) mass is 283 g/mol. The van der Waals surface area contributed by atoms with Crippen molar-refractivity contribution in [2.75, 3.05) is 18.2 Å². The number of pyridine rings is 1. The van der Waals surface area contributed by atoms with Crippen LogP contribution in [0.5, 0.6) is 5.75 Å². The summed E-state index contributed by atoms with van der Waals surface area (Å²) < 4.78 is 5.13. The molecule has 1 aromatic carbocycles. The van der Waals surface area contributed by atoms with E-state index < -0.39 is 0 Å². The van der Waals surface area contributed by atoms with Gasteiger partial charge in [-0.25, -0.2) is 4.98 Å². The van der Waals surface area contributed by atoms with E-state index in [2.05, 4.69) is 10.3 Å². The Morgan fingerprint density at radius 3 is 2.72 bits per heavy atom. The van der Waals surface area contributed by atoms with Crippen LogP contribution in [0.3, 0.4) is 0 Å². The Morgan fingerprint density at radius 1 is 1.28 bits per heavy atom. The highest BCUT2D eigenvalue weighted by molar-refractivity contribution is 6.33. The summed E-state index contributed by atoms with van der Waals surface area (Å²) in [5.74, 6) is 1.18. The number of aromatic nitrogens is 1. The van der Waals surface area contributed by atoms with Crippen LogP contribution in [0.15, 0.2) is 30.5 Å². The second kappa shape index (κ2) is 5.33. The normalized spacial score (nSPS) is 10.2. The Morgan fingerprint density at radius 2 is 2.06 bits per heavy atom. The van der Waals surface area contributed by atoms with Gasteiger partial charge < -0.3 is 15.8 Å². The van der Waals surface area contributed by atoms with Gasteiger partial charge in [-0.15, -0.1) is 0 Å². The van der Waals surface area contributed by atoms with Crippen molar-refractivity contribution in [1.82, 2.24) is 4.98 Å². The Kier molecular flexibility index (Phi) is 3.79. The summed E-state index contributed by atoms with van der Waals surface area (Å²) in [6, 6.07) is 6.88. The van der Waals surface area contributed by atoms with E-state index in [1.165, 1.54) is 6.20 Å². The molecule has 18 heavy (non-hydrogen) atoms. The minimum atomic E-state index is 0.446. The lowest BCUT2D eigenvalue weighted by molar-refractivity contribution is 0.415. The maximum absolute atomic E-state index is 6.07. The first-order valence-corrected chi connectivity index (χ1v) is 5.87. The van der Waals surface area contributed by atoms with Crippen LogP contribution in [0.25, 0.3) is 0 Å². The second-order valence-electron chi connectivity index (χ2n) is 3.56. The van der Waals surface area contributed by atoms with Crippen LogP contribution in [0.4, 0.5) is 17.2 Å². The highest BCUT2D eigenvalue weighted by atomic mass is 35.5. The zero-order chi connectivity index (χ0) is 13.1. The van der Waals surface area contributed by atoms with E-state index in [9.17, 15) is 0 Å². The van der Waals surface area contributed by atoms with Gasteiger partial charge in [0, 0.05) is 12.3 Å². The third kappa shape index (κ3) is 2.78. The van der Waals surface area contributed by atoms with Crippen molar-refractivity contribution in [3.05, 3.63) is 40.5 Å². The van der Waals surface area contributed by atoms with Gasteiger partial charge >= 0.3 is 0 Å². The van der Waals surface area contributed by atoms with Crippen molar-refractivity contribution < 1.29 is 4.74 Å². The number of anilines is 3. The van der Waals surface area contributed by atoms with E-state index in [1.807, 2.05) is 0 Å². The number of hydrogen-bond donors (Lipinski definition) is 2. The highest BCUT2D eigenvalue weighted by Gasteiger charge is 2.06. The standard InChI is InChI=1S/C12H11Cl2N3O/c1-18-8-2-3-9(14)11(5-8)17-12-10(15)4-7(13)6-16-12/h2-6H,15H2,1H3,(H,16,17). The maximum atomic E-state index is 6.07. The summed E-state index contributed by atoms with van der Waals surface area (Å²) in [7, 11) is 1.59. The highest BCUT2D eigenvalue weighted by Crippen LogP contribution is 2.31. The zero-order valence-corrected chi connectivity index (χ0v) is 11.1. The van der Waals surface area contributed by atoms with Gasteiger partial charge in [-0.05, 0) is 18.2 Å². The summed E-state index contributed by atoms with van der Waals surface area (Å²) in [5, 5.41) is 4.07. The second-order valence-corrected chi connectivity index (χ2v) is 4.41. The molecule has 94 valence electrons. The third-order valence-corrected chi connectivity index (χ3v) is 2.85. The summed E-state index contributed by atoms with van der Waals surface area (Å²) in [4.78, 5) is 4.10. The van der Waals surface area contributed by atoms with Crippen LogP contribution < -0.4 is 15.8 Å². The van der Waals surface area contributed by atoms with Crippen molar-refractivity contribution >= 4 is 40.4 Å². The molecule has 1 aromatic heterocycles. The lowest BCUT2D eigenvalue weighted by atomic mass is 10.3. The van der Waals surface area contributed by atoms with Crippen LogP contribution in [0.1, 0.15) is 0 Å². The minimum absolute atomic E-state index is 0.446. The number of ether oxygens (including phenoxy) is 1. The lowest BCUT2D eigenvalue weighted by Gasteiger charge is -2.11. The summed E-state index contributed by atoms with van der Waals surface area (Å²) >= 11 is 11.9. The number of nitrogen functional groups attached to an aromatic ring is 1. The molecule has 2 aromatic rings. The number of methoxy groups -OCH3 is 1. The smallest absolute Gasteiger partial charge is 0.153 e. The molecule has 0 amide bonds. The number of nitrogens with one attached hydrogen (secondary N) is 1. The molecule has 3 N–H and O–H groups in total. The molecule has 0 aliphatic rings. The number of benzene rings is 1. The molecule has 0 spiro atoms. The van der Waals surface area contributed by atoms with Crippen molar-refractivity contribution in [3.63, 3.8) is 0 Å². The average Bonchev–Trinajstić information content (AvgIpc) is 2.35. The predicted octanol–water partition coefficient (Wildman–Crippen LogP) is 3.72. The van der Waals surface area contributed by atoms with Crippen molar-refractivity contribution in [1.29, 1.82) is 0 Å². The minimum Gasteiger partial charge on any atom is -0.497 e. The topological polar surface area (TPSA) is 60.2 Å². The Balaban J connectivity index is 2.33. The fraction of sp³-hybridized carbons (Fsp3) is 0.0833. The summed E-state index contributed by atoms with van der Waals surface area (Å²) in [5.41, 5.74) is 6.92. The molecule has 0 bridgehead atoms. The molecule has 1 heterocycles. The molecule has 4 nitrogen and oxygen atoms in total. The number of hydrogen-bond acceptors (Lipinski definition) is 4. The van der Waals surface area contributed by atoms with Crippen molar-refractivity contribution in [2.45, 2.75) is 0 Å². The molecule has 0 fully saturated rings. The Bertz CT molecular complexity index is 575. The first-order valence-electron chi connectivity index (χ1n) is 5.11. The number of nitrogens with two attached hydrogens (primary N) is 1. The van der Waals surface area contributed by atoms with Gasteiger partial charge in [0.05, 0.1) is 28.5 Å². The van der Waals surface area contributed by atoms with Crippen LogP contribution in [-0.2, 0) is 0 Å². The number of nitrogens with zero attached hydrogens (tertiary/aromatic N) is 1. The third-order valence-electron chi connectivity index (χ3n) is 2.31. The molecule has 0 saturated carbocycles. The lowest BCUT2D eigenvalue weighted by Crippen LogP contribution is -1.99. The van der Waals surface area contributed by atoms with E-state index in [0.717, 1.165) is 0 Å². The molecule has 0 saturated heterocycles. The average molecular weight is 284 g/mol. The molecule has 0 aliphatic carbocycles. The first-order chi connectivity index (χ1) is 8.60. The first kappa shape index (κ1) is 12.8. The zero-order valence-electron chi connectivity index (χ0n) is 9.58. The van der Waals surface area contributed by atoms with Crippen LogP contribution in [0.2, 0.25) is 10.0 Å². The van der Waals surface area contributed by atoms with E-state index in [0.29, 0.717) is 33.0 Å².